The first kappa shape index (κ1) is 19.3. The Morgan fingerprint density at radius 2 is 1.75 bits per heavy atom. The SMILES string of the molecule is CN=C(NCc1cccc(C(=O)N2CCCCC2)c1)N1CC2CCCCC2C1. The highest BCUT2D eigenvalue weighted by molar-refractivity contribution is 5.94. The molecule has 2 atom stereocenters. The normalized spacial score (nSPS) is 25.5. The summed E-state index contributed by atoms with van der Waals surface area (Å²) < 4.78 is 0. The summed E-state index contributed by atoms with van der Waals surface area (Å²) in [5.74, 6) is 2.87. The highest BCUT2D eigenvalue weighted by Gasteiger charge is 2.35. The highest BCUT2D eigenvalue weighted by Crippen LogP contribution is 2.35. The molecular weight excluding hydrogens is 348 g/mol. The van der Waals surface area contributed by atoms with Crippen LogP contribution in [0, 0.1) is 11.8 Å². The summed E-state index contributed by atoms with van der Waals surface area (Å²) in [7, 11) is 1.88. The van der Waals surface area contributed by atoms with Crippen molar-refractivity contribution in [1.82, 2.24) is 15.1 Å². The van der Waals surface area contributed by atoms with Crippen LogP contribution >= 0.6 is 0 Å². The molecule has 2 unspecified atom stereocenters. The first-order valence-corrected chi connectivity index (χ1v) is 11.1. The Balaban J connectivity index is 1.35. The number of nitrogens with one attached hydrogen (secondary N) is 1. The predicted molar refractivity (Wildman–Crippen MR) is 113 cm³/mol. The number of aliphatic imine (C=N–C) groups is 1. The zero-order valence-electron chi connectivity index (χ0n) is 17.2. The van der Waals surface area contributed by atoms with Crippen LogP contribution in [0.1, 0.15) is 60.9 Å². The molecule has 5 nitrogen and oxygen atoms in total. The average Bonchev–Trinajstić information content (AvgIpc) is 3.18. The van der Waals surface area contributed by atoms with E-state index in [9.17, 15) is 4.79 Å². The molecule has 28 heavy (non-hydrogen) atoms. The van der Waals surface area contributed by atoms with E-state index in [1.54, 1.807) is 0 Å². The monoisotopic (exact) mass is 382 g/mol. The number of guanidine groups is 1. The lowest BCUT2D eigenvalue weighted by Crippen LogP contribution is -2.40. The number of amides is 1. The zero-order chi connectivity index (χ0) is 19.3. The summed E-state index contributed by atoms with van der Waals surface area (Å²) in [5, 5.41) is 3.53. The second-order valence-corrected chi connectivity index (χ2v) is 8.66. The summed E-state index contributed by atoms with van der Waals surface area (Å²) in [5.41, 5.74) is 1.95. The molecule has 2 saturated heterocycles. The van der Waals surface area contributed by atoms with Crippen molar-refractivity contribution in [1.29, 1.82) is 0 Å². The molecular formula is C23H34N4O. The summed E-state index contributed by atoms with van der Waals surface area (Å²) in [4.78, 5) is 21.7. The van der Waals surface area contributed by atoms with E-state index in [0.717, 1.165) is 67.9 Å². The van der Waals surface area contributed by atoms with Gasteiger partial charge in [0, 0.05) is 45.3 Å². The number of piperidine rings is 1. The van der Waals surface area contributed by atoms with Gasteiger partial charge in [-0.05, 0) is 61.6 Å². The van der Waals surface area contributed by atoms with Crippen molar-refractivity contribution in [2.75, 3.05) is 33.2 Å². The quantitative estimate of drug-likeness (QED) is 0.643. The fraction of sp³-hybridized carbons (Fsp3) is 0.652. The Hall–Kier alpha value is -2.04. The van der Waals surface area contributed by atoms with Crippen molar-refractivity contribution in [2.45, 2.75) is 51.5 Å². The number of carbonyl (C=O) groups is 1. The summed E-state index contributed by atoms with van der Waals surface area (Å²) in [6.07, 6.45) is 9.02. The van der Waals surface area contributed by atoms with Crippen LogP contribution < -0.4 is 5.32 Å². The van der Waals surface area contributed by atoms with Crippen molar-refractivity contribution in [3.05, 3.63) is 35.4 Å². The number of benzene rings is 1. The van der Waals surface area contributed by atoms with Crippen LogP contribution in [0.2, 0.25) is 0 Å². The largest absolute Gasteiger partial charge is 0.352 e. The van der Waals surface area contributed by atoms with Crippen LogP contribution in [0.5, 0.6) is 0 Å². The number of hydrogen-bond donors (Lipinski definition) is 1. The lowest BCUT2D eigenvalue weighted by molar-refractivity contribution is 0.0724. The van der Waals surface area contributed by atoms with Gasteiger partial charge >= 0.3 is 0 Å². The molecule has 0 spiro atoms. The number of fused-ring (bicyclic) bond motifs is 1. The van der Waals surface area contributed by atoms with E-state index in [0.29, 0.717) is 6.54 Å². The smallest absolute Gasteiger partial charge is 0.253 e. The number of rotatable bonds is 3. The van der Waals surface area contributed by atoms with Crippen LogP contribution in [0.25, 0.3) is 0 Å². The standard InChI is InChI=1S/C23H34N4O/c1-24-23(27-16-20-9-3-4-10-21(20)17-27)25-15-18-8-7-11-19(14-18)22(28)26-12-5-2-6-13-26/h7-8,11,14,20-21H,2-6,9-10,12-13,15-17H2,1H3,(H,24,25). The molecule has 1 aromatic rings. The van der Waals surface area contributed by atoms with Crippen LogP contribution in [0.4, 0.5) is 0 Å². The van der Waals surface area contributed by atoms with Gasteiger partial charge in [0.2, 0.25) is 0 Å². The first-order chi connectivity index (χ1) is 13.7. The van der Waals surface area contributed by atoms with Crippen LogP contribution in [-0.2, 0) is 6.54 Å². The number of carbonyl (C=O) groups excluding carboxylic acids is 1. The van der Waals surface area contributed by atoms with E-state index in [1.807, 2.05) is 30.1 Å². The molecule has 0 bridgehead atoms. The molecule has 4 rings (SSSR count). The Morgan fingerprint density at radius 3 is 2.43 bits per heavy atom. The molecule has 3 fully saturated rings. The molecule has 0 radical (unpaired) electrons. The van der Waals surface area contributed by atoms with E-state index >= 15 is 0 Å². The summed E-state index contributed by atoms with van der Waals surface area (Å²) in [6, 6.07) is 8.08. The van der Waals surface area contributed by atoms with E-state index in [1.165, 1.54) is 32.1 Å². The van der Waals surface area contributed by atoms with Crippen molar-refractivity contribution in [3.63, 3.8) is 0 Å². The Labute approximate surface area is 169 Å². The van der Waals surface area contributed by atoms with Gasteiger partial charge in [-0.3, -0.25) is 9.79 Å². The number of likely N-dealkylation sites (tertiary alicyclic amines) is 2. The maximum absolute atomic E-state index is 12.8. The van der Waals surface area contributed by atoms with E-state index in [2.05, 4.69) is 21.3 Å². The minimum atomic E-state index is 0.176. The van der Waals surface area contributed by atoms with Crippen LogP contribution in [0.3, 0.4) is 0 Å². The molecule has 1 aliphatic carbocycles. The zero-order valence-corrected chi connectivity index (χ0v) is 17.2. The van der Waals surface area contributed by atoms with Gasteiger partial charge in [0.25, 0.3) is 5.91 Å². The fourth-order valence-electron chi connectivity index (χ4n) is 5.19. The molecule has 2 aliphatic heterocycles. The van der Waals surface area contributed by atoms with Gasteiger partial charge in [-0.15, -0.1) is 0 Å². The van der Waals surface area contributed by atoms with E-state index in [-0.39, 0.29) is 5.91 Å². The second-order valence-electron chi connectivity index (χ2n) is 8.66. The molecule has 5 heteroatoms. The fourth-order valence-corrected chi connectivity index (χ4v) is 5.19. The van der Waals surface area contributed by atoms with Crippen molar-refractivity contribution in [3.8, 4) is 0 Å². The lowest BCUT2D eigenvalue weighted by atomic mass is 9.82. The highest BCUT2D eigenvalue weighted by atomic mass is 16.2. The molecule has 0 aromatic heterocycles. The Bertz CT molecular complexity index is 696. The minimum Gasteiger partial charge on any atom is -0.352 e. The summed E-state index contributed by atoms with van der Waals surface area (Å²) >= 11 is 0. The van der Waals surface area contributed by atoms with E-state index in [4.69, 9.17) is 0 Å². The van der Waals surface area contributed by atoms with Gasteiger partial charge in [0.1, 0.15) is 0 Å². The minimum absolute atomic E-state index is 0.176. The van der Waals surface area contributed by atoms with Gasteiger partial charge in [0.15, 0.2) is 5.96 Å². The van der Waals surface area contributed by atoms with Crippen molar-refractivity contribution < 1.29 is 4.79 Å². The third-order valence-electron chi connectivity index (χ3n) is 6.76. The van der Waals surface area contributed by atoms with Crippen molar-refractivity contribution in [2.24, 2.45) is 16.8 Å². The van der Waals surface area contributed by atoms with Gasteiger partial charge in [-0.2, -0.15) is 0 Å². The number of nitrogens with zero attached hydrogens (tertiary/aromatic N) is 3. The molecule has 1 saturated carbocycles. The average molecular weight is 383 g/mol. The maximum Gasteiger partial charge on any atom is 0.253 e. The van der Waals surface area contributed by atoms with Crippen LogP contribution in [0.15, 0.2) is 29.3 Å². The van der Waals surface area contributed by atoms with Gasteiger partial charge < -0.3 is 15.1 Å². The third kappa shape index (κ3) is 4.34. The Morgan fingerprint density at radius 1 is 1.04 bits per heavy atom. The van der Waals surface area contributed by atoms with Gasteiger partial charge in [-0.25, -0.2) is 0 Å². The van der Waals surface area contributed by atoms with Gasteiger partial charge in [-0.1, -0.05) is 25.0 Å². The number of hydrogen-bond acceptors (Lipinski definition) is 2. The van der Waals surface area contributed by atoms with Crippen molar-refractivity contribution >= 4 is 11.9 Å². The topological polar surface area (TPSA) is 47.9 Å². The van der Waals surface area contributed by atoms with E-state index < -0.39 is 0 Å². The molecule has 1 aromatic carbocycles. The first-order valence-electron chi connectivity index (χ1n) is 11.1. The second kappa shape index (κ2) is 8.97. The molecule has 1 amide bonds. The Kier molecular flexibility index (Phi) is 6.18. The maximum atomic E-state index is 12.8. The third-order valence-corrected chi connectivity index (χ3v) is 6.76. The summed E-state index contributed by atoms with van der Waals surface area (Å²) in [6.45, 7) is 4.77. The lowest BCUT2D eigenvalue weighted by Gasteiger charge is -2.27. The predicted octanol–water partition coefficient (Wildman–Crippen LogP) is 3.51. The molecule has 1 N–H and O–H groups in total. The van der Waals surface area contributed by atoms with Gasteiger partial charge in [0.05, 0.1) is 0 Å². The van der Waals surface area contributed by atoms with Crippen LogP contribution in [-0.4, -0.2) is 54.9 Å². The molecule has 2 heterocycles. The molecule has 152 valence electrons. The molecule has 3 aliphatic rings.